The van der Waals surface area contributed by atoms with Crippen molar-refractivity contribution in [3.05, 3.63) is 41.7 Å². The number of aromatic nitrogens is 2. The number of hydrogen-bond donors (Lipinski definition) is 1. The molecule has 1 aliphatic rings. The van der Waals surface area contributed by atoms with Crippen LogP contribution in [0.5, 0.6) is 5.75 Å². The van der Waals surface area contributed by atoms with Crippen LogP contribution in [0.2, 0.25) is 0 Å². The molecule has 0 radical (unpaired) electrons. The van der Waals surface area contributed by atoms with E-state index in [1.807, 2.05) is 44.3 Å². The Morgan fingerprint density at radius 3 is 2.92 bits per heavy atom. The first-order valence-electron chi connectivity index (χ1n) is 7.83. The van der Waals surface area contributed by atoms with E-state index in [0.717, 1.165) is 11.3 Å². The molecule has 0 fully saturated rings. The first-order valence-corrected chi connectivity index (χ1v) is 7.83. The van der Waals surface area contributed by atoms with Gasteiger partial charge in [0.25, 0.3) is 5.91 Å². The van der Waals surface area contributed by atoms with Crippen LogP contribution < -0.4 is 15.0 Å². The van der Waals surface area contributed by atoms with Gasteiger partial charge in [-0.1, -0.05) is 6.07 Å². The molecule has 7 nitrogen and oxygen atoms in total. The van der Waals surface area contributed by atoms with Gasteiger partial charge < -0.3 is 10.1 Å². The Bertz CT molecular complexity index is 769. The third-order valence-corrected chi connectivity index (χ3v) is 3.80. The zero-order chi connectivity index (χ0) is 17.1. The number of hydrogen-bond acceptors (Lipinski definition) is 4. The van der Waals surface area contributed by atoms with Crippen molar-refractivity contribution in [1.29, 1.82) is 0 Å². The number of anilines is 1. The number of benzene rings is 1. The van der Waals surface area contributed by atoms with Gasteiger partial charge in [0.1, 0.15) is 12.3 Å². The van der Waals surface area contributed by atoms with E-state index in [1.54, 1.807) is 4.68 Å². The topological polar surface area (TPSA) is 76.5 Å². The van der Waals surface area contributed by atoms with Crippen molar-refractivity contribution in [2.45, 2.75) is 20.4 Å². The molecule has 2 aromatic rings. The number of rotatable bonds is 5. The highest BCUT2D eigenvalue weighted by atomic mass is 16.5. The van der Waals surface area contributed by atoms with Crippen molar-refractivity contribution in [3.8, 4) is 5.75 Å². The van der Waals surface area contributed by atoms with Crippen LogP contribution in [0.15, 0.2) is 30.5 Å². The van der Waals surface area contributed by atoms with E-state index in [0.29, 0.717) is 24.5 Å². The zero-order valence-electron chi connectivity index (χ0n) is 13.8. The lowest BCUT2D eigenvalue weighted by Crippen LogP contribution is -2.45. The molecule has 1 N–H and O–H groups in total. The first-order chi connectivity index (χ1) is 11.5. The number of ether oxygens (including phenoxy) is 1. The molecule has 0 unspecified atom stereocenters. The molecular formula is C17H20N4O3. The van der Waals surface area contributed by atoms with Gasteiger partial charge in [-0.2, -0.15) is 5.10 Å². The summed E-state index contributed by atoms with van der Waals surface area (Å²) in [6, 6.07) is 7.50. The fraction of sp³-hybridized carbons (Fsp3) is 0.353. The summed E-state index contributed by atoms with van der Waals surface area (Å²) in [4.78, 5) is 25.8. The minimum atomic E-state index is -0.217. The second-order valence-corrected chi connectivity index (χ2v) is 5.81. The summed E-state index contributed by atoms with van der Waals surface area (Å²) >= 11 is 0. The lowest BCUT2D eigenvalue weighted by Gasteiger charge is -2.29. The van der Waals surface area contributed by atoms with E-state index < -0.39 is 0 Å². The van der Waals surface area contributed by atoms with Gasteiger partial charge >= 0.3 is 0 Å². The summed E-state index contributed by atoms with van der Waals surface area (Å²) < 4.78 is 7.18. The average molecular weight is 328 g/mol. The van der Waals surface area contributed by atoms with Gasteiger partial charge in [0, 0.05) is 12.7 Å². The van der Waals surface area contributed by atoms with Crippen molar-refractivity contribution >= 4 is 17.5 Å². The molecular weight excluding hydrogens is 308 g/mol. The molecule has 3 rings (SSSR count). The monoisotopic (exact) mass is 328 g/mol. The highest BCUT2D eigenvalue weighted by Crippen LogP contribution is 2.32. The molecule has 1 aromatic heterocycles. The number of nitrogens with one attached hydrogen (secondary N) is 1. The predicted octanol–water partition coefficient (Wildman–Crippen LogP) is 1.04. The minimum Gasteiger partial charge on any atom is -0.482 e. The zero-order valence-corrected chi connectivity index (χ0v) is 13.8. The molecule has 24 heavy (non-hydrogen) atoms. The van der Waals surface area contributed by atoms with Crippen molar-refractivity contribution in [3.63, 3.8) is 0 Å². The van der Waals surface area contributed by atoms with Crippen LogP contribution in [0.25, 0.3) is 0 Å². The number of nitrogens with zero attached hydrogens (tertiary/aromatic N) is 3. The van der Waals surface area contributed by atoms with Crippen LogP contribution in [-0.4, -0.2) is 41.3 Å². The van der Waals surface area contributed by atoms with Crippen molar-refractivity contribution < 1.29 is 14.3 Å². The van der Waals surface area contributed by atoms with Gasteiger partial charge in [-0.25, -0.2) is 0 Å². The fourth-order valence-corrected chi connectivity index (χ4v) is 2.58. The number of amides is 2. The Kier molecular flexibility index (Phi) is 4.50. The summed E-state index contributed by atoms with van der Waals surface area (Å²) in [5, 5.41) is 7.08. The van der Waals surface area contributed by atoms with Crippen LogP contribution in [0.3, 0.4) is 0 Å². The lowest BCUT2D eigenvalue weighted by atomic mass is 10.1. The van der Waals surface area contributed by atoms with Gasteiger partial charge in [-0.15, -0.1) is 0 Å². The maximum atomic E-state index is 12.2. The Morgan fingerprint density at radius 2 is 2.17 bits per heavy atom. The van der Waals surface area contributed by atoms with Crippen molar-refractivity contribution in [2.24, 2.45) is 0 Å². The van der Waals surface area contributed by atoms with E-state index in [9.17, 15) is 9.59 Å². The average Bonchev–Trinajstić information content (AvgIpc) is 2.96. The molecule has 0 bridgehead atoms. The maximum Gasteiger partial charge on any atom is 0.265 e. The van der Waals surface area contributed by atoms with Gasteiger partial charge in [0.2, 0.25) is 5.91 Å². The minimum absolute atomic E-state index is 0.0171. The third kappa shape index (κ3) is 3.56. The molecule has 0 spiro atoms. The largest absolute Gasteiger partial charge is 0.482 e. The summed E-state index contributed by atoms with van der Waals surface area (Å²) in [6.45, 7) is 4.83. The van der Waals surface area contributed by atoms with Gasteiger partial charge in [0.05, 0.1) is 17.9 Å². The maximum absolute atomic E-state index is 12.2. The molecule has 0 aliphatic carbocycles. The molecule has 0 saturated carbocycles. The molecule has 126 valence electrons. The van der Waals surface area contributed by atoms with Crippen LogP contribution in [0, 0.1) is 13.8 Å². The van der Waals surface area contributed by atoms with E-state index in [-0.39, 0.29) is 25.0 Å². The van der Waals surface area contributed by atoms with E-state index in [2.05, 4.69) is 10.4 Å². The third-order valence-electron chi connectivity index (χ3n) is 3.80. The van der Waals surface area contributed by atoms with Crippen molar-refractivity contribution in [1.82, 2.24) is 15.1 Å². The van der Waals surface area contributed by atoms with E-state index >= 15 is 0 Å². The van der Waals surface area contributed by atoms with Crippen LogP contribution in [0.1, 0.15) is 11.3 Å². The van der Waals surface area contributed by atoms with Crippen LogP contribution in [0.4, 0.5) is 5.69 Å². The summed E-state index contributed by atoms with van der Waals surface area (Å²) in [5.74, 6) is 0.201. The Balaban J connectivity index is 1.59. The Morgan fingerprint density at radius 1 is 1.33 bits per heavy atom. The molecule has 0 saturated heterocycles. The number of carbonyl (C=O) groups excluding carboxylic acids is 2. The van der Waals surface area contributed by atoms with Crippen LogP contribution >= 0.6 is 0 Å². The number of carbonyl (C=O) groups is 2. The standard InChI is InChI=1S/C17H20N4O3/c1-12-3-4-15-14(9-12)21(17(23)11-24-15)10-16(22)18-6-8-20-7-5-13(2)19-20/h3-5,7,9H,6,8,10-11H2,1-2H3,(H,18,22). The highest BCUT2D eigenvalue weighted by Gasteiger charge is 2.27. The predicted molar refractivity (Wildman–Crippen MR) is 89.0 cm³/mol. The van der Waals surface area contributed by atoms with Crippen molar-refractivity contribution in [2.75, 3.05) is 24.6 Å². The quantitative estimate of drug-likeness (QED) is 0.890. The molecule has 1 aliphatic heterocycles. The Hall–Kier alpha value is -2.83. The van der Waals surface area contributed by atoms with Gasteiger partial charge in [-0.3, -0.25) is 19.2 Å². The molecule has 7 heteroatoms. The second-order valence-electron chi connectivity index (χ2n) is 5.81. The van der Waals surface area contributed by atoms with Crippen LogP contribution in [-0.2, 0) is 16.1 Å². The highest BCUT2D eigenvalue weighted by molar-refractivity contribution is 6.02. The number of aryl methyl sites for hydroxylation is 2. The molecule has 2 heterocycles. The summed E-state index contributed by atoms with van der Waals surface area (Å²) in [5.41, 5.74) is 2.59. The SMILES string of the molecule is Cc1ccc2c(c1)N(CC(=O)NCCn1ccc(C)n1)C(=O)CO2. The van der Waals surface area contributed by atoms with Gasteiger partial charge in [-0.05, 0) is 37.6 Å². The lowest BCUT2D eigenvalue weighted by molar-refractivity contribution is -0.125. The summed E-state index contributed by atoms with van der Waals surface area (Å²) in [7, 11) is 0. The van der Waals surface area contributed by atoms with E-state index in [4.69, 9.17) is 4.74 Å². The fourth-order valence-electron chi connectivity index (χ4n) is 2.58. The molecule has 0 atom stereocenters. The summed E-state index contributed by atoms with van der Waals surface area (Å²) in [6.07, 6.45) is 1.87. The second kappa shape index (κ2) is 6.74. The van der Waals surface area contributed by atoms with E-state index in [1.165, 1.54) is 4.90 Å². The normalized spacial score (nSPS) is 13.4. The van der Waals surface area contributed by atoms with Gasteiger partial charge in [0.15, 0.2) is 6.61 Å². The number of fused-ring (bicyclic) bond motifs is 1. The Labute approximate surface area is 140 Å². The molecule has 2 amide bonds. The smallest absolute Gasteiger partial charge is 0.265 e. The first kappa shape index (κ1) is 16.0. The molecule has 1 aromatic carbocycles.